The van der Waals surface area contributed by atoms with Gasteiger partial charge in [-0.05, 0) is 37.8 Å². The highest BCUT2D eigenvalue weighted by atomic mass is 16.5. The first-order valence-electron chi connectivity index (χ1n) is 9.72. The van der Waals surface area contributed by atoms with E-state index in [-0.39, 0.29) is 42.2 Å². The summed E-state index contributed by atoms with van der Waals surface area (Å²) < 4.78 is 5.62. The Kier molecular flexibility index (Phi) is 5.04. The third-order valence-electron chi connectivity index (χ3n) is 5.49. The van der Waals surface area contributed by atoms with Gasteiger partial charge < -0.3 is 9.64 Å². The summed E-state index contributed by atoms with van der Waals surface area (Å²) >= 11 is 0. The van der Waals surface area contributed by atoms with Crippen LogP contribution in [0.15, 0.2) is 18.2 Å². The number of carbonyl (C=O) groups excluding carboxylic acids is 5. The molecule has 5 amide bonds. The van der Waals surface area contributed by atoms with Crippen molar-refractivity contribution in [3.05, 3.63) is 29.3 Å². The first kappa shape index (κ1) is 19.1. The molecule has 1 aromatic rings. The maximum absolute atomic E-state index is 13.0. The number of amides is 5. The van der Waals surface area contributed by atoms with Crippen LogP contribution >= 0.6 is 0 Å². The van der Waals surface area contributed by atoms with Gasteiger partial charge in [-0.15, -0.1) is 0 Å². The molecule has 0 bridgehead atoms. The lowest BCUT2D eigenvalue weighted by Gasteiger charge is -2.28. The van der Waals surface area contributed by atoms with E-state index < -0.39 is 29.7 Å². The molecule has 0 aromatic heterocycles. The average molecular weight is 399 g/mol. The fourth-order valence-corrected chi connectivity index (χ4v) is 3.98. The molecule has 9 heteroatoms. The van der Waals surface area contributed by atoms with Crippen molar-refractivity contribution in [2.45, 2.75) is 38.1 Å². The first-order valence-corrected chi connectivity index (χ1v) is 9.72. The third kappa shape index (κ3) is 3.48. The van der Waals surface area contributed by atoms with Gasteiger partial charge in [-0.2, -0.15) is 0 Å². The number of likely N-dealkylation sites (tertiary alicyclic amines) is 1. The van der Waals surface area contributed by atoms with Crippen LogP contribution in [-0.4, -0.2) is 65.1 Å². The van der Waals surface area contributed by atoms with Crippen molar-refractivity contribution < 1.29 is 28.7 Å². The van der Waals surface area contributed by atoms with Gasteiger partial charge in [0, 0.05) is 19.5 Å². The van der Waals surface area contributed by atoms with Crippen LogP contribution in [0.5, 0.6) is 5.75 Å². The number of benzene rings is 1. The lowest BCUT2D eigenvalue weighted by atomic mass is 10.0. The minimum absolute atomic E-state index is 0.0497. The number of nitrogens with zero attached hydrogens (tertiary/aromatic N) is 2. The van der Waals surface area contributed by atoms with E-state index in [4.69, 9.17) is 4.74 Å². The van der Waals surface area contributed by atoms with Crippen molar-refractivity contribution in [2.24, 2.45) is 0 Å². The van der Waals surface area contributed by atoms with Crippen molar-refractivity contribution in [2.75, 3.05) is 19.7 Å². The number of imide groups is 2. The number of carbonyl (C=O) groups is 5. The normalized spacial score (nSPS) is 21.9. The number of ether oxygens (including phenoxy) is 1. The van der Waals surface area contributed by atoms with Gasteiger partial charge in [-0.25, -0.2) is 0 Å². The number of hydrogen-bond donors (Lipinski definition) is 1. The largest absolute Gasteiger partial charge is 0.483 e. The lowest BCUT2D eigenvalue weighted by molar-refractivity contribution is -0.136. The molecule has 3 aliphatic rings. The minimum Gasteiger partial charge on any atom is -0.483 e. The third-order valence-corrected chi connectivity index (χ3v) is 5.49. The molecule has 3 aliphatic heterocycles. The molecule has 0 radical (unpaired) electrons. The second-order valence-corrected chi connectivity index (χ2v) is 7.36. The molecule has 1 aromatic carbocycles. The SMILES string of the molecule is O=C1CCC(N2C(=O)c3cccc(OCC(=O)N4CCCCC4)c3C2=O)C(=O)N1. The van der Waals surface area contributed by atoms with E-state index in [1.165, 1.54) is 12.1 Å². The van der Waals surface area contributed by atoms with E-state index in [1.54, 1.807) is 11.0 Å². The molecule has 0 spiro atoms. The van der Waals surface area contributed by atoms with Crippen molar-refractivity contribution in [3.8, 4) is 5.75 Å². The Labute approximate surface area is 167 Å². The Morgan fingerprint density at radius 2 is 1.83 bits per heavy atom. The highest BCUT2D eigenvalue weighted by molar-refractivity contribution is 6.24. The van der Waals surface area contributed by atoms with E-state index in [9.17, 15) is 24.0 Å². The van der Waals surface area contributed by atoms with Crippen LogP contribution in [0.3, 0.4) is 0 Å². The van der Waals surface area contributed by atoms with Gasteiger partial charge in [-0.3, -0.25) is 34.2 Å². The molecule has 3 heterocycles. The number of hydrogen-bond acceptors (Lipinski definition) is 6. The van der Waals surface area contributed by atoms with E-state index in [2.05, 4.69) is 5.32 Å². The van der Waals surface area contributed by atoms with Crippen LogP contribution in [0, 0.1) is 0 Å². The van der Waals surface area contributed by atoms with Crippen molar-refractivity contribution in [1.82, 2.24) is 15.1 Å². The maximum Gasteiger partial charge on any atom is 0.266 e. The summed E-state index contributed by atoms with van der Waals surface area (Å²) in [6, 6.07) is 3.55. The molecule has 4 rings (SSSR count). The number of nitrogens with one attached hydrogen (secondary N) is 1. The van der Waals surface area contributed by atoms with Gasteiger partial charge in [0.15, 0.2) is 6.61 Å². The van der Waals surface area contributed by atoms with Crippen LogP contribution in [0.2, 0.25) is 0 Å². The molecule has 1 N–H and O–H groups in total. The molecule has 1 unspecified atom stereocenters. The van der Waals surface area contributed by atoms with E-state index in [0.29, 0.717) is 13.1 Å². The molecule has 0 aliphatic carbocycles. The zero-order valence-electron chi connectivity index (χ0n) is 15.8. The fraction of sp³-hybridized carbons (Fsp3) is 0.450. The Morgan fingerprint density at radius 3 is 2.55 bits per heavy atom. The zero-order chi connectivity index (χ0) is 20.5. The van der Waals surface area contributed by atoms with E-state index in [0.717, 1.165) is 24.2 Å². The molecule has 2 saturated heterocycles. The van der Waals surface area contributed by atoms with Gasteiger partial charge in [0.1, 0.15) is 11.8 Å². The summed E-state index contributed by atoms with van der Waals surface area (Å²) in [7, 11) is 0. The summed E-state index contributed by atoms with van der Waals surface area (Å²) in [5.41, 5.74) is 0.177. The standard InChI is InChI=1S/C20H21N3O6/c24-15-8-7-13(18(26)21-15)23-19(27)12-5-4-6-14(17(12)20(23)28)29-11-16(25)22-9-2-1-3-10-22/h4-6,13H,1-3,7-11H2,(H,21,24,26). The number of fused-ring (bicyclic) bond motifs is 1. The van der Waals surface area contributed by atoms with Gasteiger partial charge in [0.2, 0.25) is 11.8 Å². The summed E-state index contributed by atoms with van der Waals surface area (Å²) in [5, 5.41) is 2.16. The predicted octanol–water partition coefficient (Wildman–Crippen LogP) is 0.479. The Hall–Kier alpha value is -3.23. The number of piperidine rings is 2. The molecular weight excluding hydrogens is 378 g/mol. The lowest BCUT2D eigenvalue weighted by Crippen LogP contribution is -2.54. The van der Waals surface area contributed by atoms with Gasteiger partial charge in [-0.1, -0.05) is 6.07 Å². The quantitative estimate of drug-likeness (QED) is 0.737. The van der Waals surface area contributed by atoms with Crippen LogP contribution in [-0.2, 0) is 14.4 Å². The van der Waals surface area contributed by atoms with E-state index >= 15 is 0 Å². The first-order chi connectivity index (χ1) is 14.0. The summed E-state index contributed by atoms with van der Waals surface area (Å²) in [6.07, 6.45) is 3.15. The fourth-order valence-electron chi connectivity index (χ4n) is 3.98. The summed E-state index contributed by atoms with van der Waals surface area (Å²) in [5.74, 6) is -2.38. The highest BCUT2D eigenvalue weighted by Gasteiger charge is 2.46. The van der Waals surface area contributed by atoms with Crippen molar-refractivity contribution in [1.29, 1.82) is 0 Å². The topological polar surface area (TPSA) is 113 Å². The van der Waals surface area contributed by atoms with Crippen LogP contribution in [0.1, 0.15) is 52.8 Å². The smallest absolute Gasteiger partial charge is 0.266 e. The zero-order valence-corrected chi connectivity index (χ0v) is 15.8. The maximum atomic E-state index is 13.0. The second-order valence-electron chi connectivity index (χ2n) is 7.36. The molecule has 1 atom stereocenters. The van der Waals surface area contributed by atoms with Crippen LogP contribution < -0.4 is 10.1 Å². The summed E-state index contributed by atoms with van der Waals surface area (Å²) in [4.78, 5) is 64.2. The predicted molar refractivity (Wildman–Crippen MR) is 99.0 cm³/mol. The molecule has 0 saturated carbocycles. The van der Waals surface area contributed by atoms with Gasteiger partial charge in [0.05, 0.1) is 11.1 Å². The Bertz CT molecular complexity index is 905. The summed E-state index contributed by atoms with van der Waals surface area (Å²) in [6.45, 7) is 1.15. The molecule has 152 valence electrons. The molecule has 2 fully saturated rings. The Balaban J connectivity index is 1.52. The minimum atomic E-state index is -1.04. The number of rotatable bonds is 4. The van der Waals surface area contributed by atoms with Crippen LogP contribution in [0.25, 0.3) is 0 Å². The molecular formula is C20H21N3O6. The van der Waals surface area contributed by atoms with Gasteiger partial charge in [0.25, 0.3) is 17.7 Å². The average Bonchev–Trinajstić information content (AvgIpc) is 2.98. The van der Waals surface area contributed by atoms with Crippen molar-refractivity contribution >= 4 is 29.5 Å². The second kappa shape index (κ2) is 7.65. The Morgan fingerprint density at radius 1 is 1.07 bits per heavy atom. The van der Waals surface area contributed by atoms with Gasteiger partial charge >= 0.3 is 0 Å². The van der Waals surface area contributed by atoms with Crippen LogP contribution in [0.4, 0.5) is 0 Å². The monoisotopic (exact) mass is 399 g/mol. The van der Waals surface area contributed by atoms with E-state index in [1.807, 2.05) is 0 Å². The highest BCUT2D eigenvalue weighted by Crippen LogP contribution is 2.33. The molecule has 29 heavy (non-hydrogen) atoms. The van der Waals surface area contributed by atoms with Crippen molar-refractivity contribution in [3.63, 3.8) is 0 Å². The molecule has 9 nitrogen and oxygen atoms in total.